The minimum absolute atomic E-state index is 0.00343. The first kappa shape index (κ1) is 13.9. The van der Waals surface area contributed by atoms with Crippen molar-refractivity contribution in [3.05, 3.63) is 59.1 Å². The van der Waals surface area contributed by atoms with Crippen molar-refractivity contribution >= 4 is 35.0 Å². The second kappa shape index (κ2) is 5.63. The lowest BCUT2D eigenvalue weighted by Gasteiger charge is -2.21. The van der Waals surface area contributed by atoms with Crippen LogP contribution in [-0.4, -0.2) is 22.3 Å². The number of amides is 1. The molecular formula is C14H10ClNO4. The molecule has 5 nitrogen and oxygen atoms in total. The van der Waals surface area contributed by atoms with E-state index in [0.29, 0.717) is 5.69 Å². The molecule has 0 spiro atoms. The minimum Gasteiger partial charge on any atom is -0.478 e. The van der Waals surface area contributed by atoms with Crippen LogP contribution in [-0.2, 0) is 0 Å². The van der Waals surface area contributed by atoms with Gasteiger partial charge in [-0.05, 0) is 30.3 Å². The fourth-order valence-electron chi connectivity index (χ4n) is 1.80. The molecule has 2 aromatic rings. The van der Waals surface area contributed by atoms with E-state index in [2.05, 4.69) is 0 Å². The second-order valence-electron chi connectivity index (χ2n) is 3.92. The van der Waals surface area contributed by atoms with Crippen LogP contribution >= 0.6 is 11.6 Å². The van der Waals surface area contributed by atoms with Gasteiger partial charge in [-0.3, -0.25) is 0 Å². The topological polar surface area (TPSA) is 77.8 Å². The van der Waals surface area contributed by atoms with Gasteiger partial charge in [-0.25, -0.2) is 14.5 Å². The van der Waals surface area contributed by atoms with E-state index in [-0.39, 0.29) is 16.3 Å². The number of anilines is 2. The highest BCUT2D eigenvalue weighted by Gasteiger charge is 2.23. The summed E-state index contributed by atoms with van der Waals surface area (Å²) in [6.45, 7) is 0. The number of halogens is 1. The summed E-state index contributed by atoms with van der Waals surface area (Å²) < 4.78 is 0. The van der Waals surface area contributed by atoms with Crippen molar-refractivity contribution < 1.29 is 19.8 Å². The maximum Gasteiger partial charge on any atom is 0.416 e. The minimum atomic E-state index is -1.29. The van der Waals surface area contributed by atoms with Crippen LogP contribution in [0.5, 0.6) is 0 Å². The Morgan fingerprint density at radius 1 is 1.00 bits per heavy atom. The first-order chi connectivity index (χ1) is 9.50. The molecule has 2 rings (SSSR count). The van der Waals surface area contributed by atoms with E-state index in [1.165, 1.54) is 18.2 Å². The number of carboxylic acids is 1. The summed E-state index contributed by atoms with van der Waals surface area (Å²) in [5.74, 6) is -1.22. The fraction of sp³-hybridized carbons (Fsp3) is 0. The zero-order valence-corrected chi connectivity index (χ0v) is 10.9. The standard InChI is InChI=1S/C14H10ClNO4/c15-9-6-7-11(13(17)18)12(8-9)16(14(19)20)10-4-2-1-3-5-10/h1-8H,(H,17,18)(H,19,20). The largest absolute Gasteiger partial charge is 0.478 e. The van der Waals surface area contributed by atoms with E-state index in [0.717, 1.165) is 4.90 Å². The quantitative estimate of drug-likeness (QED) is 0.900. The molecule has 0 fully saturated rings. The maximum absolute atomic E-state index is 11.5. The molecule has 0 saturated heterocycles. The number of rotatable bonds is 3. The lowest BCUT2D eigenvalue weighted by Crippen LogP contribution is -2.25. The third-order valence-corrected chi connectivity index (χ3v) is 2.87. The van der Waals surface area contributed by atoms with E-state index in [9.17, 15) is 19.8 Å². The molecule has 2 aromatic carbocycles. The van der Waals surface area contributed by atoms with Gasteiger partial charge in [0.1, 0.15) is 0 Å². The summed E-state index contributed by atoms with van der Waals surface area (Å²) in [5, 5.41) is 18.8. The van der Waals surface area contributed by atoms with Gasteiger partial charge < -0.3 is 10.2 Å². The average Bonchev–Trinajstić information content (AvgIpc) is 2.39. The highest BCUT2D eigenvalue weighted by Crippen LogP contribution is 2.31. The van der Waals surface area contributed by atoms with Crippen LogP contribution in [0.3, 0.4) is 0 Å². The van der Waals surface area contributed by atoms with Crippen LogP contribution in [0.15, 0.2) is 48.5 Å². The Balaban J connectivity index is 2.64. The predicted octanol–water partition coefficient (Wildman–Crippen LogP) is 3.85. The molecular weight excluding hydrogens is 282 g/mol. The Bertz CT molecular complexity index is 657. The van der Waals surface area contributed by atoms with E-state index in [1.807, 2.05) is 0 Å². The van der Waals surface area contributed by atoms with E-state index < -0.39 is 12.1 Å². The summed E-state index contributed by atoms with van der Waals surface area (Å²) >= 11 is 5.85. The summed E-state index contributed by atoms with van der Waals surface area (Å²) in [4.78, 5) is 23.6. The Hall–Kier alpha value is -2.53. The molecule has 1 amide bonds. The SMILES string of the molecule is O=C(O)c1ccc(Cl)cc1N(C(=O)O)c1ccccc1. The number of para-hydroxylation sites is 1. The molecule has 0 unspecified atom stereocenters. The number of nitrogens with zero attached hydrogens (tertiary/aromatic N) is 1. The van der Waals surface area contributed by atoms with Crippen molar-refractivity contribution in [2.24, 2.45) is 0 Å². The van der Waals surface area contributed by atoms with Crippen LogP contribution in [0.4, 0.5) is 16.2 Å². The predicted molar refractivity (Wildman–Crippen MR) is 75.0 cm³/mol. The van der Waals surface area contributed by atoms with Gasteiger partial charge in [0.2, 0.25) is 0 Å². The normalized spacial score (nSPS) is 10.1. The zero-order valence-electron chi connectivity index (χ0n) is 10.2. The van der Waals surface area contributed by atoms with Crippen LogP contribution in [0.2, 0.25) is 5.02 Å². The highest BCUT2D eigenvalue weighted by molar-refractivity contribution is 6.31. The zero-order chi connectivity index (χ0) is 14.7. The van der Waals surface area contributed by atoms with Gasteiger partial charge in [0.15, 0.2) is 0 Å². The van der Waals surface area contributed by atoms with Crippen molar-refractivity contribution in [3.63, 3.8) is 0 Å². The van der Waals surface area contributed by atoms with Crippen molar-refractivity contribution in [1.82, 2.24) is 0 Å². The molecule has 0 aromatic heterocycles. The number of hydrogen-bond acceptors (Lipinski definition) is 2. The van der Waals surface area contributed by atoms with Crippen LogP contribution in [0.1, 0.15) is 10.4 Å². The molecule has 0 heterocycles. The van der Waals surface area contributed by atoms with E-state index >= 15 is 0 Å². The fourth-order valence-corrected chi connectivity index (χ4v) is 1.97. The Kier molecular flexibility index (Phi) is 3.91. The van der Waals surface area contributed by atoms with Gasteiger partial charge in [-0.15, -0.1) is 0 Å². The van der Waals surface area contributed by atoms with Crippen LogP contribution < -0.4 is 4.90 Å². The second-order valence-corrected chi connectivity index (χ2v) is 4.36. The molecule has 0 saturated carbocycles. The van der Waals surface area contributed by atoms with Gasteiger partial charge in [-0.2, -0.15) is 0 Å². The molecule has 2 N–H and O–H groups in total. The van der Waals surface area contributed by atoms with Crippen molar-refractivity contribution in [2.75, 3.05) is 4.90 Å². The van der Waals surface area contributed by atoms with Gasteiger partial charge in [0.05, 0.1) is 16.9 Å². The lowest BCUT2D eigenvalue weighted by molar-refractivity contribution is 0.0698. The smallest absolute Gasteiger partial charge is 0.416 e. The number of carbonyl (C=O) groups is 2. The lowest BCUT2D eigenvalue weighted by atomic mass is 10.1. The highest BCUT2D eigenvalue weighted by atomic mass is 35.5. The summed E-state index contributed by atoms with van der Waals surface area (Å²) in [6.07, 6.45) is -1.29. The number of aromatic carboxylic acids is 1. The first-order valence-corrected chi connectivity index (χ1v) is 5.99. The Labute approximate surface area is 119 Å². The molecule has 20 heavy (non-hydrogen) atoms. The van der Waals surface area contributed by atoms with Gasteiger partial charge in [0.25, 0.3) is 0 Å². The third-order valence-electron chi connectivity index (χ3n) is 2.64. The summed E-state index contributed by atoms with van der Waals surface area (Å²) in [7, 11) is 0. The maximum atomic E-state index is 11.5. The Morgan fingerprint density at radius 2 is 1.65 bits per heavy atom. The van der Waals surface area contributed by atoms with E-state index in [1.54, 1.807) is 30.3 Å². The van der Waals surface area contributed by atoms with Gasteiger partial charge in [-0.1, -0.05) is 29.8 Å². The molecule has 102 valence electrons. The summed E-state index contributed by atoms with van der Waals surface area (Å²) in [6, 6.07) is 12.2. The summed E-state index contributed by atoms with van der Waals surface area (Å²) in [5.41, 5.74) is 0.203. The molecule has 0 aliphatic heterocycles. The average molecular weight is 292 g/mol. The van der Waals surface area contributed by atoms with Crippen LogP contribution in [0, 0.1) is 0 Å². The first-order valence-electron chi connectivity index (χ1n) is 5.61. The number of hydrogen-bond donors (Lipinski definition) is 2. The number of benzene rings is 2. The van der Waals surface area contributed by atoms with E-state index in [4.69, 9.17) is 11.6 Å². The number of carboxylic acid groups (broad SMARTS) is 2. The van der Waals surface area contributed by atoms with Gasteiger partial charge in [0, 0.05) is 5.02 Å². The molecule has 0 aliphatic carbocycles. The molecule has 0 aliphatic rings. The van der Waals surface area contributed by atoms with Gasteiger partial charge >= 0.3 is 12.1 Å². The third kappa shape index (κ3) is 2.73. The van der Waals surface area contributed by atoms with Crippen LogP contribution in [0.25, 0.3) is 0 Å². The molecule has 6 heteroatoms. The Morgan fingerprint density at radius 3 is 2.20 bits per heavy atom. The van der Waals surface area contributed by atoms with Crippen molar-refractivity contribution in [2.45, 2.75) is 0 Å². The molecule has 0 atom stereocenters. The monoisotopic (exact) mass is 291 g/mol. The molecule has 0 radical (unpaired) electrons. The van der Waals surface area contributed by atoms with Crippen molar-refractivity contribution in [1.29, 1.82) is 0 Å². The molecule has 0 bridgehead atoms. The van der Waals surface area contributed by atoms with Crippen molar-refractivity contribution in [3.8, 4) is 0 Å².